The fourth-order valence-electron chi connectivity index (χ4n) is 1.75. The highest BCUT2D eigenvalue weighted by Crippen LogP contribution is 2.13. The Bertz CT molecular complexity index is 547. The van der Waals surface area contributed by atoms with E-state index >= 15 is 0 Å². The van der Waals surface area contributed by atoms with Gasteiger partial charge in [0.1, 0.15) is 0 Å². The highest BCUT2D eigenvalue weighted by molar-refractivity contribution is 5.89. The van der Waals surface area contributed by atoms with E-state index in [1.54, 1.807) is 12.1 Å². The zero-order valence-corrected chi connectivity index (χ0v) is 10.2. The molecule has 0 unspecified atom stereocenters. The second-order valence-corrected chi connectivity index (χ2v) is 4.18. The lowest BCUT2D eigenvalue weighted by molar-refractivity contribution is 0.0696. The number of nitrogens with one attached hydrogen (secondary N) is 1. The summed E-state index contributed by atoms with van der Waals surface area (Å²) >= 11 is 0. The Kier molecular flexibility index (Phi) is 3.63. The first-order valence-corrected chi connectivity index (χ1v) is 5.78. The second-order valence-electron chi connectivity index (χ2n) is 4.18. The monoisotopic (exact) mass is 241 g/mol. The number of anilines is 1. The number of carboxylic acids is 1. The van der Waals surface area contributed by atoms with Gasteiger partial charge in [0, 0.05) is 12.2 Å². The molecule has 0 atom stereocenters. The lowest BCUT2D eigenvalue weighted by Gasteiger charge is -2.09. The van der Waals surface area contributed by atoms with E-state index in [4.69, 9.17) is 5.11 Å². The Morgan fingerprint density at radius 2 is 1.78 bits per heavy atom. The van der Waals surface area contributed by atoms with E-state index in [0.29, 0.717) is 12.1 Å². The van der Waals surface area contributed by atoms with Crippen molar-refractivity contribution in [3.8, 4) is 0 Å². The van der Waals surface area contributed by atoms with Crippen molar-refractivity contribution in [1.82, 2.24) is 0 Å². The minimum Gasteiger partial charge on any atom is -0.478 e. The molecule has 2 aromatic carbocycles. The van der Waals surface area contributed by atoms with Gasteiger partial charge in [-0.1, -0.05) is 35.9 Å². The first kappa shape index (κ1) is 12.2. The maximum atomic E-state index is 11.0. The van der Waals surface area contributed by atoms with E-state index in [1.807, 2.05) is 43.3 Å². The van der Waals surface area contributed by atoms with Crippen LogP contribution in [0.1, 0.15) is 21.5 Å². The molecule has 0 spiro atoms. The standard InChI is InChI=1S/C15H15NO2/c1-11-6-8-13(9-7-11)16-10-12-4-2-3-5-14(12)15(17)18/h2-9,16H,10H2,1H3,(H,17,18). The third-order valence-corrected chi connectivity index (χ3v) is 2.78. The van der Waals surface area contributed by atoms with Crippen LogP contribution >= 0.6 is 0 Å². The molecule has 3 nitrogen and oxygen atoms in total. The van der Waals surface area contributed by atoms with Gasteiger partial charge in [0.25, 0.3) is 0 Å². The van der Waals surface area contributed by atoms with Gasteiger partial charge in [-0.25, -0.2) is 4.79 Å². The maximum absolute atomic E-state index is 11.0. The number of hydrogen-bond acceptors (Lipinski definition) is 2. The van der Waals surface area contributed by atoms with E-state index in [1.165, 1.54) is 5.56 Å². The number of rotatable bonds is 4. The first-order valence-electron chi connectivity index (χ1n) is 5.78. The molecule has 0 fully saturated rings. The molecule has 0 heterocycles. The van der Waals surface area contributed by atoms with Gasteiger partial charge in [0.05, 0.1) is 5.56 Å². The third-order valence-electron chi connectivity index (χ3n) is 2.78. The van der Waals surface area contributed by atoms with Gasteiger partial charge in [-0.05, 0) is 30.7 Å². The van der Waals surface area contributed by atoms with Gasteiger partial charge in [-0.2, -0.15) is 0 Å². The molecule has 0 saturated carbocycles. The number of hydrogen-bond donors (Lipinski definition) is 2. The predicted octanol–water partition coefficient (Wildman–Crippen LogP) is 3.31. The van der Waals surface area contributed by atoms with E-state index in [0.717, 1.165) is 11.3 Å². The maximum Gasteiger partial charge on any atom is 0.336 e. The molecule has 0 aliphatic heterocycles. The number of carboxylic acid groups (broad SMARTS) is 1. The van der Waals surface area contributed by atoms with Crippen molar-refractivity contribution in [2.45, 2.75) is 13.5 Å². The Morgan fingerprint density at radius 1 is 1.11 bits per heavy atom. The molecular weight excluding hydrogens is 226 g/mol. The van der Waals surface area contributed by atoms with Crippen LogP contribution in [0, 0.1) is 6.92 Å². The van der Waals surface area contributed by atoms with Gasteiger partial charge >= 0.3 is 5.97 Å². The van der Waals surface area contributed by atoms with Gasteiger partial charge in [-0.3, -0.25) is 0 Å². The summed E-state index contributed by atoms with van der Waals surface area (Å²) in [6.45, 7) is 2.54. The number of aromatic carboxylic acids is 1. The first-order chi connectivity index (χ1) is 8.66. The Labute approximate surface area is 106 Å². The molecule has 0 bridgehead atoms. The smallest absolute Gasteiger partial charge is 0.336 e. The predicted molar refractivity (Wildman–Crippen MR) is 71.9 cm³/mol. The molecule has 0 aliphatic rings. The van der Waals surface area contributed by atoms with E-state index in [2.05, 4.69) is 5.32 Å². The molecule has 3 heteroatoms. The summed E-state index contributed by atoms with van der Waals surface area (Å²) in [6, 6.07) is 15.0. The lowest BCUT2D eigenvalue weighted by Crippen LogP contribution is -2.06. The molecule has 2 N–H and O–H groups in total. The molecule has 0 aliphatic carbocycles. The highest BCUT2D eigenvalue weighted by Gasteiger charge is 2.08. The van der Waals surface area contributed by atoms with Crippen LogP contribution in [0.2, 0.25) is 0 Å². The van der Waals surface area contributed by atoms with E-state index in [9.17, 15) is 4.79 Å². The largest absolute Gasteiger partial charge is 0.478 e. The van der Waals surface area contributed by atoms with E-state index < -0.39 is 5.97 Å². The summed E-state index contributed by atoms with van der Waals surface area (Å²) in [4.78, 5) is 11.0. The molecular formula is C15H15NO2. The molecule has 2 rings (SSSR count). The average molecular weight is 241 g/mol. The Balaban J connectivity index is 2.10. The fraction of sp³-hybridized carbons (Fsp3) is 0.133. The summed E-state index contributed by atoms with van der Waals surface area (Å²) in [7, 11) is 0. The summed E-state index contributed by atoms with van der Waals surface area (Å²) in [5, 5.41) is 12.3. The normalized spacial score (nSPS) is 10.1. The van der Waals surface area contributed by atoms with Crippen molar-refractivity contribution < 1.29 is 9.90 Å². The highest BCUT2D eigenvalue weighted by atomic mass is 16.4. The number of aryl methyl sites for hydroxylation is 1. The van der Waals surface area contributed by atoms with Crippen LogP contribution in [-0.2, 0) is 6.54 Å². The van der Waals surface area contributed by atoms with Crippen LogP contribution in [0.15, 0.2) is 48.5 Å². The summed E-state index contributed by atoms with van der Waals surface area (Å²) in [5.41, 5.74) is 3.31. The zero-order chi connectivity index (χ0) is 13.0. The summed E-state index contributed by atoms with van der Waals surface area (Å²) < 4.78 is 0. The SMILES string of the molecule is Cc1ccc(NCc2ccccc2C(=O)O)cc1. The quantitative estimate of drug-likeness (QED) is 0.863. The Morgan fingerprint density at radius 3 is 2.44 bits per heavy atom. The van der Waals surface area contributed by atoms with Crippen molar-refractivity contribution in [1.29, 1.82) is 0 Å². The molecule has 0 aromatic heterocycles. The van der Waals surface area contributed by atoms with Crippen LogP contribution in [0.5, 0.6) is 0 Å². The van der Waals surface area contributed by atoms with Crippen LogP contribution < -0.4 is 5.32 Å². The number of benzene rings is 2. The van der Waals surface area contributed by atoms with Crippen molar-refractivity contribution in [3.63, 3.8) is 0 Å². The molecule has 0 radical (unpaired) electrons. The molecule has 0 saturated heterocycles. The van der Waals surface area contributed by atoms with Crippen LogP contribution in [-0.4, -0.2) is 11.1 Å². The fourth-order valence-corrected chi connectivity index (χ4v) is 1.75. The minimum atomic E-state index is -0.892. The van der Waals surface area contributed by atoms with Crippen molar-refractivity contribution in [2.75, 3.05) is 5.32 Å². The van der Waals surface area contributed by atoms with Crippen molar-refractivity contribution in [3.05, 3.63) is 65.2 Å². The summed E-state index contributed by atoms with van der Waals surface area (Å²) in [6.07, 6.45) is 0. The van der Waals surface area contributed by atoms with Crippen molar-refractivity contribution >= 4 is 11.7 Å². The van der Waals surface area contributed by atoms with Crippen LogP contribution in [0.4, 0.5) is 5.69 Å². The number of carbonyl (C=O) groups is 1. The van der Waals surface area contributed by atoms with Gasteiger partial charge < -0.3 is 10.4 Å². The average Bonchev–Trinajstić information content (AvgIpc) is 2.38. The lowest BCUT2D eigenvalue weighted by atomic mass is 10.1. The molecule has 18 heavy (non-hydrogen) atoms. The second kappa shape index (κ2) is 5.36. The summed E-state index contributed by atoms with van der Waals surface area (Å²) in [5.74, 6) is -0.892. The van der Waals surface area contributed by atoms with Crippen molar-refractivity contribution in [2.24, 2.45) is 0 Å². The topological polar surface area (TPSA) is 49.3 Å². The molecule has 2 aromatic rings. The van der Waals surface area contributed by atoms with Gasteiger partial charge in [-0.15, -0.1) is 0 Å². The van der Waals surface area contributed by atoms with Gasteiger partial charge in [0.2, 0.25) is 0 Å². The Hall–Kier alpha value is -2.29. The minimum absolute atomic E-state index is 0.345. The molecule has 92 valence electrons. The van der Waals surface area contributed by atoms with E-state index in [-0.39, 0.29) is 0 Å². The van der Waals surface area contributed by atoms with Gasteiger partial charge in [0.15, 0.2) is 0 Å². The van der Waals surface area contributed by atoms with Crippen LogP contribution in [0.3, 0.4) is 0 Å². The van der Waals surface area contributed by atoms with Crippen LogP contribution in [0.25, 0.3) is 0 Å². The molecule has 0 amide bonds. The zero-order valence-electron chi connectivity index (χ0n) is 10.2. The third kappa shape index (κ3) is 2.88.